The van der Waals surface area contributed by atoms with E-state index in [1.807, 2.05) is 0 Å². The van der Waals surface area contributed by atoms with Crippen LogP contribution in [0.1, 0.15) is 42.5 Å². The summed E-state index contributed by atoms with van der Waals surface area (Å²) in [6, 6.07) is 3.44. The number of esters is 1. The summed E-state index contributed by atoms with van der Waals surface area (Å²) >= 11 is 13.4. The predicted molar refractivity (Wildman–Crippen MR) is 100.0 cm³/mol. The van der Waals surface area contributed by atoms with E-state index in [9.17, 15) is 9.59 Å². The summed E-state index contributed by atoms with van der Waals surface area (Å²) in [6.45, 7) is 0. The average molecular weight is 386 g/mol. The van der Waals surface area contributed by atoms with Gasteiger partial charge < -0.3 is 10.1 Å². The second-order valence-corrected chi connectivity index (χ2v) is 7.74. The minimum Gasteiger partial charge on any atom is -0.465 e. The Morgan fingerprint density at radius 3 is 2.54 bits per heavy atom. The lowest BCUT2D eigenvalue weighted by atomic mass is 9.95. The molecule has 1 aliphatic carbocycles. The molecule has 0 aliphatic heterocycles. The van der Waals surface area contributed by atoms with Crippen molar-refractivity contribution in [1.29, 1.82) is 0 Å². The maximum Gasteiger partial charge on any atom is 0.344 e. The first-order chi connectivity index (χ1) is 11.5. The van der Waals surface area contributed by atoms with Crippen LogP contribution in [0, 0.1) is 0 Å². The molecular weight excluding hydrogens is 369 g/mol. The normalized spacial score (nSPS) is 15.5. The highest BCUT2D eigenvalue weighted by molar-refractivity contribution is 7.22. The second kappa shape index (κ2) is 7.30. The average Bonchev–Trinajstić information content (AvgIpc) is 2.57. The molecule has 1 heterocycles. The number of carbonyl (C=O) groups is 1. The Labute approximate surface area is 153 Å². The number of benzene rings is 1. The first kappa shape index (κ1) is 17.5. The Morgan fingerprint density at radius 1 is 1.21 bits per heavy atom. The van der Waals surface area contributed by atoms with Crippen LogP contribution >= 0.6 is 34.5 Å². The Balaban J connectivity index is 2.15. The van der Waals surface area contributed by atoms with Crippen molar-refractivity contribution in [2.75, 3.05) is 12.4 Å². The molecule has 1 N–H and O–H groups in total. The van der Waals surface area contributed by atoms with E-state index in [2.05, 4.69) is 5.32 Å². The molecule has 0 unspecified atom stereocenters. The van der Waals surface area contributed by atoms with Gasteiger partial charge >= 0.3 is 5.97 Å². The summed E-state index contributed by atoms with van der Waals surface area (Å²) in [7, 11) is 1.27. The molecule has 0 amide bonds. The van der Waals surface area contributed by atoms with Gasteiger partial charge in [0.2, 0.25) is 5.43 Å². The van der Waals surface area contributed by atoms with Crippen LogP contribution in [0.3, 0.4) is 0 Å². The third-order valence-corrected chi connectivity index (χ3v) is 6.07. The number of fused-ring (bicyclic) bond motifs is 1. The second-order valence-electron chi connectivity index (χ2n) is 5.87. The van der Waals surface area contributed by atoms with Crippen LogP contribution in [0.4, 0.5) is 5.00 Å². The highest BCUT2D eigenvalue weighted by Gasteiger charge is 2.23. The van der Waals surface area contributed by atoms with Gasteiger partial charge in [-0.1, -0.05) is 42.5 Å². The van der Waals surface area contributed by atoms with Gasteiger partial charge in [0.25, 0.3) is 0 Å². The van der Waals surface area contributed by atoms with E-state index in [1.165, 1.54) is 30.9 Å². The zero-order chi connectivity index (χ0) is 17.3. The Morgan fingerprint density at radius 2 is 1.88 bits per heavy atom. The lowest BCUT2D eigenvalue weighted by Crippen LogP contribution is -2.26. The van der Waals surface area contributed by atoms with Crippen molar-refractivity contribution >= 4 is 55.6 Å². The van der Waals surface area contributed by atoms with Gasteiger partial charge in [0, 0.05) is 16.1 Å². The monoisotopic (exact) mass is 385 g/mol. The van der Waals surface area contributed by atoms with Gasteiger partial charge in [-0.15, -0.1) is 11.3 Å². The fourth-order valence-electron chi connectivity index (χ4n) is 3.01. The summed E-state index contributed by atoms with van der Waals surface area (Å²) in [5, 5.41) is 4.97. The lowest BCUT2D eigenvalue weighted by molar-refractivity contribution is 0.0601. The molecule has 2 aromatic rings. The first-order valence-electron chi connectivity index (χ1n) is 7.82. The van der Waals surface area contributed by atoms with E-state index >= 15 is 0 Å². The van der Waals surface area contributed by atoms with Gasteiger partial charge in [0.15, 0.2) is 0 Å². The molecule has 1 fully saturated rings. The Kier molecular flexibility index (Phi) is 5.33. The number of ether oxygens (including phenoxy) is 1. The van der Waals surface area contributed by atoms with Crippen LogP contribution < -0.4 is 10.7 Å². The van der Waals surface area contributed by atoms with Crippen LogP contribution in [-0.4, -0.2) is 19.1 Å². The predicted octanol–water partition coefficient (Wildman–Crippen LogP) is 5.10. The van der Waals surface area contributed by atoms with Crippen LogP contribution in [0.2, 0.25) is 10.0 Å². The third kappa shape index (κ3) is 3.39. The van der Waals surface area contributed by atoms with Gasteiger partial charge in [-0.2, -0.15) is 0 Å². The molecule has 1 saturated carbocycles. The molecule has 1 aromatic heterocycles. The number of rotatable bonds is 3. The number of hydrogen-bond acceptors (Lipinski definition) is 5. The number of carbonyl (C=O) groups excluding carboxylic acids is 1. The molecule has 4 nitrogen and oxygen atoms in total. The van der Waals surface area contributed by atoms with Gasteiger partial charge in [-0.25, -0.2) is 4.79 Å². The number of nitrogens with one attached hydrogen (secondary N) is 1. The van der Waals surface area contributed by atoms with Crippen LogP contribution in [0.5, 0.6) is 0 Å². The van der Waals surface area contributed by atoms with Crippen molar-refractivity contribution in [2.24, 2.45) is 0 Å². The zero-order valence-corrected chi connectivity index (χ0v) is 15.5. The fourth-order valence-corrected chi connectivity index (χ4v) is 4.56. The van der Waals surface area contributed by atoms with E-state index in [-0.39, 0.29) is 22.1 Å². The third-order valence-electron chi connectivity index (χ3n) is 4.26. The van der Waals surface area contributed by atoms with Crippen molar-refractivity contribution in [3.05, 3.63) is 38.0 Å². The molecule has 0 atom stereocenters. The van der Waals surface area contributed by atoms with E-state index in [0.29, 0.717) is 20.1 Å². The summed E-state index contributed by atoms with van der Waals surface area (Å²) in [4.78, 5) is 25.0. The van der Waals surface area contributed by atoms with Crippen LogP contribution in [0.15, 0.2) is 16.9 Å². The van der Waals surface area contributed by atoms with Crippen molar-refractivity contribution in [1.82, 2.24) is 0 Å². The number of methoxy groups -OCH3 is 1. The molecule has 128 valence electrons. The molecular formula is C17H17Cl2NO3S. The van der Waals surface area contributed by atoms with Crippen LogP contribution in [-0.2, 0) is 4.74 Å². The van der Waals surface area contributed by atoms with Crippen molar-refractivity contribution < 1.29 is 9.53 Å². The van der Waals surface area contributed by atoms with Gasteiger partial charge in [0.1, 0.15) is 10.6 Å². The summed E-state index contributed by atoms with van der Waals surface area (Å²) in [5.74, 6) is -0.637. The van der Waals surface area contributed by atoms with E-state index in [1.54, 1.807) is 6.07 Å². The van der Waals surface area contributed by atoms with Crippen molar-refractivity contribution in [2.45, 2.75) is 38.1 Å². The summed E-state index contributed by atoms with van der Waals surface area (Å²) < 4.78 is 5.51. The minimum absolute atomic E-state index is 0.0407. The quantitative estimate of drug-likeness (QED) is 0.746. The maximum absolute atomic E-state index is 12.8. The highest BCUT2D eigenvalue weighted by atomic mass is 35.5. The highest BCUT2D eigenvalue weighted by Crippen LogP contribution is 2.34. The molecule has 0 radical (unpaired) electrons. The standard InChI is InChI=1S/C17H17Cl2NO3S/c1-23-17(22)14-15(21)10-7-11(18)12(19)8-13(10)24-16(14)20-9-5-3-2-4-6-9/h7-9,20H,2-6H2,1H3. The molecule has 0 spiro atoms. The molecule has 3 rings (SSSR count). The summed E-state index contributed by atoms with van der Waals surface area (Å²) in [6.07, 6.45) is 5.58. The lowest BCUT2D eigenvalue weighted by Gasteiger charge is -2.24. The van der Waals surface area contributed by atoms with E-state index in [0.717, 1.165) is 25.7 Å². The number of halogens is 2. The SMILES string of the molecule is COC(=O)c1c(NC2CCCCC2)sc2cc(Cl)c(Cl)cc2c1=O. The fraction of sp³-hybridized carbons (Fsp3) is 0.412. The van der Waals surface area contributed by atoms with E-state index < -0.39 is 5.97 Å². The van der Waals surface area contributed by atoms with Gasteiger partial charge in [-0.3, -0.25) is 4.79 Å². The molecule has 1 aromatic carbocycles. The van der Waals surface area contributed by atoms with Gasteiger partial charge in [-0.05, 0) is 25.0 Å². The zero-order valence-electron chi connectivity index (χ0n) is 13.2. The van der Waals surface area contributed by atoms with Crippen molar-refractivity contribution in [3.63, 3.8) is 0 Å². The largest absolute Gasteiger partial charge is 0.465 e. The summed E-state index contributed by atoms with van der Waals surface area (Å²) in [5.41, 5.74) is -0.341. The van der Waals surface area contributed by atoms with Gasteiger partial charge in [0.05, 0.1) is 17.2 Å². The Bertz CT molecular complexity index is 844. The molecule has 7 heteroatoms. The minimum atomic E-state index is -0.637. The molecule has 1 aliphatic rings. The topological polar surface area (TPSA) is 55.4 Å². The maximum atomic E-state index is 12.8. The molecule has 0 bridgehead atoms. The smallest absolute Gasteiger partial charge is 0.344 e. The molecule has 0 saturated heterocycles. The first-order valence-corrected chi connectivity index (χ1v) is 9.39. The number of hydrogen-bond donors (Lipinski definition) is 1. The van der Waals surface area contributed by atoms with Crippen molar-refractivity contribution in [3.8, 4) is 0 Å². The van der Waals surface area contributed by atoms with Crippen LogP contribution in [0.25, 0.3) is 10.1 Å². The molecule has 24 heavy (non-hydrogen) atoms. The van der Waals surface area contributed by atoms with E-state index in [4.69, 9.17) is 27.9 Å². The number of anilines is 1. The Hall–Kier alpha value is -1.30.